The van der Waals surface area contributed by atoms with Gasteiger partial charge in [0.1, 0.15) is 12.2 Å². The molecule has 0 aliphatic carbocycles. The van der Waals surface area contributed by atoms with E-state index in [1.165, 1.54) is 0 Å². The normalized spacial score (nSPS) is 56.4. The van der Waals surface area contributed by atoms with E-state index in [4.69, 9.17) is 5.11 Å². The minimum atomic E-state index is -4.15. The third-order valence-electron chi connectivity index (χ3n) is 1.59. The zero-order valence-electron chi connectivity index (χ0n) is 5.37. The van der Waals surface area contributed by atoms with Crippen LogP contribution in [0.2, 0.25) is 0 Å². The van der Waals surface area contributed by atoms with E-state index in [1.807, 2.05) is 0 Å². The fourth-order valence-electron chi connectivity index (χ4n) is 1.12. The van der Waals surface area contributed by atoms with Crippen LogP contribution < -0.4 is 4.89 Å². The van der Waals surface area contributed by atoms with E-state index in [-0.39, 0.29) is 6.61 Å². The molecule has 0 amide bonds. The molecular weight excluding hydrogens is 175 g/mol. The van der Waals surface area contributed by atoms with Crippen LogP contribution >= 0.6 is 7.82 Å². The number of hydrogen-bond acceptors (Lipinski definition) is 6. The summed E-state index contributed by atoms with van der Waals surface area (Å²) < 4.78 is 24.1. The van der Waals surface area contributed by atoms with Crippen molar-refractivity contribution < 1.29 is 28.3 Å². The average Bonchev–Trinajstić information content (AvgIpc) is 2.31. The summed E-state index contributed by atoms with van der Waals surface area (Å²) in [5, 5.41) is 8.94. The third-order valence-corrected chi connectivity index (χ3v) is 2.62. The third kappa shape index (κ3) is 1.22. The van der Waals surface area contributed by atoms with Gasteiger partial charge in [-0.2, -0.15) is 0 Å². The highest BCUT2D eigenvalue weighted by atomic mass is 31.2. The molecule has 4 atom stereocenters. The SMILES string of the molecule is O=P1([O-])O[C@@H]2COC(O)[C@@H]2O1. The Morgan fingerprint density at radius 3 is 2.91 bits per heavy atom. The smallest absolute Gasteiger partial charge is 0.268 e. The fourth-order valence-corrected chi connectivity index (χ4v) is 2.22. The number of phosphoric acid groups is 1. The Kier molecular flexibility index (Phi) is 1.57. The van der Waals surface area contributed by atoms with Crippen LogP contribution in [0.15, 0.2) is 0 Å². The summed E-state index contributed by atoms with van der Waals surface area (Å²) in [5.74, 6) is 0. The van der Waals surface area contributed by atoms with Crippen LogP contribution in [0, 0.1) is 0 Å². The molecule has 2 rings (SSSR count). The van der Waals surface area contributed by atoms with Crippen molar-refractivity contribution in [3.8, 4) is 0 Å². The number of aliphatic hydroxyl groups is 1. The predicted molar refractivity (Wildman–Crippen MR) is 29.3 cm³/mol. The number of ether oxygens (including phenoxy) is 1. The van der Waals surface area contributed by atoms with E-state index in [0.717, 1.165) is 0 Å². The van der Waals surface area contributed by atoms with Crippen molar-refractivity contribution >= 4 is 7.82 Å². The van der Waals surface area contributed by atoms with E-state index in [0.29, 0.717) is 0 Å². The molecule has 2 fully saturated rings. The second-order valence-electron chi connectivity index (χ2n) is 2.38. The predicted octanol–water partition coefficient (Wildman–Crippen LogP) is -1.41. The molecule has 0 bridgehead atoms. The molecule has 2 saturated heterocycles. The zero-order valence-corrected chi connectivity index (χ0v) is 6.27. The maximum Gasteiger partial charge on any atom is 0.268 e. The van der Waals surface area contributed by atoms with Gasteiger partial charge in [0, 0.05) is 0 Å². The van der Waals surface area contributed by atoms with Gasteiger partial charge in [0.05, 0.1) is 6.61 Å². The minimum absolute atomic E-state index is 0.0536. The van der Waals surface area contributed by atoms with Gasteiger partial charge >= 0.3 is 0 Å². The van der Waals surface area contributed by atoms with Gasteiger partial charge in [0.2, 0.25) is 0 Å². The molecule has 2 unspecified atom stereocenters. The minimum Gasteiger partial charge on any atom is -0.756 e. The van der Waals surface area contributed by atoms with Gasteiger partial charge < -0.3 is 23.8 Å². The van der Waals surface area contributed by atoms with E-state index >= 15 is 0 Å². The summed E-state index contributed by atoms with van der Waals surface area (Å²) in [4.78, 5) is 10.6. The largest absolute Gasteiger partial charge is 0.756 e. The van der Waals surface area contributed by atoms with Gasteiger partial charge in [-0.05, 0) is 0 Å². The van der Waals surface area contributed by atoms with Crippen LogP contribution in [-0.4, -0.2) is 30.2 Å². The Bertz CT molecular complexity index is 217. The van der Waals surface area contributed by atoms with Crippen LogP contribution in [0.1, 0.15) is 0 Å². The highest BCUT2D eigenvalue weighted by molar-refractivity contribution is 7.46. The summed E-state index contributed by atoms with van der Waals surface area (Å²) in [5.41, 5.74) is 0. The monoisotopic (exact) mass is 181 g/mol. The molecule has 7 heteroatoms. The Morgan fingerprint density at radius 2 is 2.27 bits per heavy atom. The average molecular weight is 181 g/mol. The standard InChI is InChI=1S/C4H7O6P/c5-4-3-2(1-8-4)9-11(6,7)10-3/h2-5H,1H2,(H,6,7)/p-1/t2-,3-,4?/m1/s1. The van der Waals surface area contributed by atoms with Crippen LogP contribution in [0.3, 0.4) is 0 Å². The topological polar surface area (TPSA) is 88.1 Å². The lowest BCUT2D eigenvalue weighted by Gasteiger charge is -2.16. The van der Waals surface area contributed by atoms with E-state index < -0.39 is 26.3 Å². The van der Waals surface area contributed by atoms with Crippen molar-refractivity contribution in [2.24, 2.45) is 0 Å². The van der Waals surface area contributed by atoms with Gasteiger partial charge in [-0.15, -0.1) is 0 Å². The second-order valence-corrected chi connectivity index (χ2v) is 3.70. The second kappa shape index (κ2) is 2.26. The Morgan fingerprint density at radius 1 is 1.55 bits per heavy atom. The fraction of sp³-hybridized carbons (Fsp3) is 1.00. The van der Waals surface area contributed by atoms with E-state index in [9.17, 15) is 9.46 Å². The van der Waals surface area contributed by atoms with Gasteiger partial charge in [0.15, 0.2) is 6.29 Å². The molecule has 64 valence electrons. The zero-order chi connectivity index (χ0) is 8.06. The van der Waals surface area contributed by atoms with E-state index in [1.54, 1.807) is 0 Å². The lowest BCUT2D eigenvalue weighted by atomic mass is 10.2. The molecule has 2 aliphatic rings. The maximum absolute atomic E-state index is 10.6. The van der Waals surface area contributed by atoms with Crippen LogP contribution in [0.25, 0.3) is 0 Å². The molecule has 0 spiro atoms. The van der Waals surface area contributed by atoms with Crippen LogP contribution in [0.4, 0.5) is 0 Å². The lowest BCUT2D eigenvalue weighted by Crippen LogP contribution is -2.26. The number of phosphoric ester groups is 1. The van der Waals surface area contributed by atoms with Crippen molar-refractivity contribution in [3.05, 3.63) is 0 Å². The van der Waals surface area contributed by atoms with Gasteiger partial charge in [-0.1, -0.05) is 0 Å². The molecule has 0 aromatic carbocycles. The Labute approximate surface area is 62.3 Å². The van der Waals surface area contributed by atoms with Crippen LogP contribution in [0.5, 0.6) is 0 Å². The number of hydrogen-bond donors (Lipinski definition) is 1. The Balaban J connectivity index is 2.16. The molecule has 2 heterocycles. The molecular formula is C4H6O6P-. The molecule has 0 aromatic heterocycles. The summed E-state index contributed by atoms with van der Waals surface area (Å²) >= 11 is 0. The number of fused-ring (bicyclic) bond motifs is 1. The molecule has 11 heavy (non-hydrogen) atoms. The summed E-state index contributed by atoms with van der Waals surface area (Å²) in [6.45, 7) is 0.0536. The summed E-state index contributed by atoms with van der Waals surface area (Å²) in [6.07, 6.45) is -2.74. The highest BCUT2D eigenvalue weighted by Gasteiger charge is 2.47. The summed E-state index contributed by atoms with van der Waals surface area (Å²) in [6, 6.07) is 0. The molecule has 0 radical (unpaired) electrons. The first-order valence-corrected chi connectivity index (χ1v) is 4.52. The van der Waals surface area contributed by atoms with Crippen molar-refractivity contribution in [1.29, 1.82) is 0 Å². The van der Waals surface area contributed by atoms with Crippen molar-refractivity contribution in [2.45, 2.75) is 18.5 Å². The Hall–Kier alpha value is 0.0300. The van der Waals surface area contributed by atoms with Gasteiger partial charge in [-0.25, -0.2) is 0 Å². The lowest BCUT2D eigenvalue weighted by molar-refractivity contribution is -0.223. The molecule has 6 nitrogen and oxygen atoms in total. The molecule has 1 N–H and O–H groups in total. The summed E-state index contributed by atoms with van der Waals surface area (Å²) in [7, 11) is -4.15. The first-order valence-electron chi connectivity index (χ1n) is 3.06. The maximum atomic E-state index is 10.6. The van der Waals surface area contributed by atoms with Gasteiger partial charge in [0.25, 0.3) is 7.82 Å². The number of rotatable bonds is 0. The molecule has 0 aromatic rings. The van der Waals surface area contributed by atoms with Crippen molar-refractivity contribution in [3.63, 3.8) is 0 Å². The van der Waals surface area contributed by atoms with Gasteiger partial charge in [-0.3, -0.25) is 4.57 Å². The van der Waals surface area contributed by atoms with Crippen LogP contribution in [-0.2, 0) is 18.3 Å². The highest BCUT2D eigenvalue weighted by Crippen LogP contribution is 2.51. The quantitative estimate of drug-likeness (QED) is 0.462. The number of aliphatic hydroxyl groups excluding tert-OH is 1. The van der Waals surface area contributed by atoms with Crippen molar-refractivity contribution in [2.75, 3.05) is 6.61 Å². The first kappa shape index (κ1) is 7.67. The molecule has 2 aliphatic heterocycles. The first-order chi connectivity index (χ1) is 5.08. The van der Waals surface area contributed by atoms with Crippen molar-refractivity contribution in [1.82, 2.24) is 0 Å². The van der Waals surface area contributed by atoms with E-state index in [2.05, 4.69) is 13.8 Å². The molecule has 0 saturated carbocycles.